The van der Waals surface area contributed by atoms with E-state index in [0.717, 1.165) is 34.9 Å². The number of nitriles is 1. The van der Waals surface area contributed by atoms with E-state index in [4.69, 9.17) is 5.26 Å². The lowest BCUT2D eigenvalue weighted by Gasteiger charge is -2.08. The second-order valence-corrected chi connectivity index (χ2v) is 9.39. The number of fused-ring (bicyclic) bond motifs is 1. The van der Waals surface area contributed by atoms with Gasteiger partial charge in [0, 0.05) is 16.5 Å². The van der Waals surface area contributed by atoms with Crippen molar-refractivity contribution in [2.75, 3.05) is 0 Å². The largest absolute Gasteiger partial charge is 0.206 e. The highest BCUT2D eigenvalue weighted by Gasteiger charge is 2.08. The summed E-state index contributed by atoms with van der Waals surface area (Å²) in [7, 11) is 0. The summed E-state index contributed by atoms with van der Waals surface area (Å²) in [5.74, 6) is 6.32. The molecule has 0 amide bonds. The molecule has 4 aromatic rings. The van der Waals surface area contributed by atoms with Gasteiger partial charge in [0.15, 0.2) is 0 Å². The minimum atomic E-state index is -0.161. The Morgan fingerprint density at radius 3 is 2.00 bits per heavy atom. The zero-order valence-electron chi connectivity index (χ0n) is 21.0. The molecule has 180 valence electrons. The summed E-state index contributed by atoms with van der Waals surface area (Å²) in [4.78, 5) is 0. The molecule has 0 unspecified atom stereocenters. The van der Waals surface area contributed by atoms with Crippen LogP contribution in [-0.4, -0.2) is 0 Å². The average molecular weight is 474 g/mol. The summed E-state index contributed by atoms with van der Waals surface area (Å²) < 4.78 is 15.2. The third kappa shape index (κ3) is 6.84. The van der Waals surface area contributed by atoms with Crippen LogP contribution in [0.5, 0.6) is 0 Å². The van der Waals surface area contributed by atoms with E-state index in [1.165, 1.54) is 37.7 Å². The number of aryl methyl sites for hydroxylation is 3. The van der Waals surface area contributed by atoms with E-state index in [-0.39, 0.29) is 5.82 Å². The van der Waals surface area contributed by atoms with Crippen LogP contribution in [0.3, 0.4) is 0 Å². The lowest BCUT2D eigenvalue weighted by molar-refractivity contribution is 0.620. The van der Waals surface area contributed by atoms with E-state index in [1.807, 2.05) is 42.5 Å². The predicted octanol–water partition coefficient (Wildman–Crippen LogP) is 8.55. The molecule has 0 aromatic heterocycles. The molecule has 0 atom stereocenters. The third-order valence-electron chi connectivity index (χ3n) is 6.67. The van der Waals surface area contributed by atoms with Crippen molar-refractivity contribution in [3.63, 3.8) is 0 Å². The van der Waals surface area contributed by atoms with Crippen molar-refractivity contribution in [1.29, 1.82) is 5.26 Å². The topological polar surface area (TPSA) is 23.8 Å². The molecule has 0 fully saturated rings. The van der Waals surface area contributed by atoms with Gasteiger partial charge >= 0.3 is 0 Å². The average Bonchev–Trinajstić information content (AvgIpc) is 2.92. The Hall–Kier alpha value is -3.88. The Labute approximate surface area is 214 Å². The highest BCUT2D eigenvalue weighted by Crippen LogP contribution is 2.24. The summed E-state index contributed by atoms with van der Waals surface area (Å²) in [6.07, 6.45) is 8.96. The van der Waals surface area contributed by atoms with Gasteiger partial charge in [0.25, 0.3) is 0 Å². The van der Waals surface area contributed by atoms with E-state index in [1.54, 1.807) is 12.1 Å². The molecule has 0 bridgehead atoms. The Morgan fingerprint density at radius 2 is 1.28 bits per heavy atom. The fraction of sp³-hybridized carbons (Fsp3) is 0.265. The first kappa shape index (κ1) is 25.2. The van der Waals surface area contributed by atoms with E-state index < -0.39 is 0 Å². The maximum atomic E-state index is 15.2. The van der Waals surface area contributed by atoms with Crippen LogP contribution in [0.1, 0.15) is 72.4 Å². The second-order valence-electron chi connectivity index (χ2n) is 9.39. The van der Waals surface area contributed by atoms with Crippen LogP contribution >= 0.6 is 0 Å². The van der Waals surface area contributed by atoms with Crippen LogP contribution in [0, 0.1) is 29.0 Å². The number of nitrogens with zero attached hydrogens (tertiary/aromatic N) is 1. The predicted molar refractivity (Wildman–Crippen MR) is 147 cm³/mol. The number of hydrogen-bond donors (Lipinski definition) is 0. The second kappa shape index (κ2) is 12.7. The third-order valence-corrected chi connectivity index (χ3v) is 6.67. The molecule has 0 saturated carbocycles. The lowest BCUT2D eigenvalue weighted by atomic mass is 9.98. The SMILES string of the molecule is CCCCCCCc1ccc(C#Cc2ccc3c(F)c(CCc4ccc(C#N)cc4)ccc3c2)cc1. The van der Waals surface area contributed by atoms with Crippen LogP contribution in [0.25, 0.3) is 10.8 Å². The molecule has 2 heteroatoms. The van der Waals surface area contributed by atoms with Crippen LogP contribution in [0.2, 0.25) is 0 Å². The van der Waals surface area contributed by atoms with Gasteiger partial charge < -0.3 is 0 Å². The van der Waals surface area contributed by atoms with Crippen LogP contribution in [0.15, 0.2) is 78.9 Å². The van der Waals surface area contributed by atoms with Gasteiger partial charge in [0.2, 0.25) is 0 Å². The van der Waals surface area contributed by atoms with Crippen molar-refractivity contribution in [3.8, 4) is 17.9 Å². The maximum absolute atomic E-state index is 15.2. The normalized spacial score (nSPS) is 10.6. The number of rotatable bonds is 9. The minimum absolute atomic E-state index is 0.161. The lowest BCUT2D eigenvalue weighted by Crippen LogP contribution is -1.96. The molecule has 0 radical (unpaired) electrons. The van der Waals surface area contributed by atoms with Crippen LogP contribution < -0.4 is 0 Å². The van der Waals surface area contributed by atoms with Gasteiger partial charge in [-0.05, 0) is 84.2 Å². The molecule has 0 aliphatic heterocycles. The summed E-state index contributed by atoms with van der Waals surface area (Å²) in [6.45, 7) is 2.24. The molecular weight excluding hydrogens is 441 g/mol. The zero-order chi connectivity index (χ0) is 25.2. The van der Waals surface area contributed by atoms with Gasteiger partial charge in [0.05, 0.1) is 11.6 Å². The molecule has 36 heavy (non-hydrogen) atoms. The van der Waals surface area contributed by atoms with E-state index in [0.29, 0.717) is 22.9 Å². The standard InChI is InChI=1S/C34H32FN/c1-2-3-4-5-6-7-26-8-10-27(11-9-26)12-15-29-19-23-33-32(24-29)22-21-31(34(33)35)20-18-28-13-16-30(25-36)17-14-28/h8-11,13-14,16-17,19,21-24H,2-7,18,20H2,1H3. The monoisotopic (exact) mass is 473 g/mol. The van der Waals surface area contributed by atoms with Gasteiger partial charge in [0.1, 0.15) is 5.82 Å². The van der Waals surface area contributed by atoms with Crippen molar-refractivity contribution in [3.05, 3.63) is 118 Å². The Balaban J connectivity index is 1.39. The molecule has 0 aliphatic carbocycles. The van der Waals surface area contributed by atoms with E-state index in [2.05, 4.69) is 49.1 Å². The number of halogens is 1. The number of unbranched alkanes of at least 4 members (excludes halogenated alkanes) is 4. The molecule has 0 saturated heterocycles. The zero-order valence-corrected chi connectivity index (χ0v) is 21.0. The van der Waals surface area contributed by atoms with Crippen molar-refractivity contribution in [2.45, 2.75) is 58.3 Å². The fourth-order valence-corrected chi connectivity index (χ4v) is 4.46. The molecule has 0 spiro atoms. The minimum Gasteiger partial charge on any atom is -0.206 e. The molecular formula is C34H32FN. The van der Waals surface area contributed by atoms with Crippen molar-refractivity contribution in [2.24, 2.45) is 0 Å². The first-order valence-electron chi connectivity index (χ1n) is 13.0. The molecule has 0 N–H and O–H groups in total. The Bertz CT molecular complexity index is 1400. The Kier molecular flexibility index (Phi) is 8.91. The van der Waals surface area contributed by atoms with Crippen molar-refractivity contribution >= 4 is 10.8 Å². The van der Waals surface area contributed by atoms with Crippen molar-refractivity contribution < 1.29 is 4.39 Å². The molecule has 4 rings (SSSR count). The summed E-state index contributed by atoms with van der Waals surface area (Å²) in [5.41, 5.74) is 5.68. The number of benzene rings is 4. The van der Waals surface area contributed by atoms with Crippen molar-refractivity contribution in [1.82, 2.24) is 0 Å². The van der Waals surface area contributed by atoms with E-state index in [9.17, 15) is 0 Å². The van der Waals surface area contributed by atoms with Gasteiger partial charge in [-0.25, -0.2) is 4.39 Å². The molecule has 0 heterocycles. The van der Waals surface area contributed by atoms with E-state index >= 15 is 4.39 Å². The van der Waals surface area contributed by atoms with Gasteiger partial charge in [-0.2, -0.15) is 5.26 Å². The first-order valence-corrected chi connectivity index (χ1v) is 13.0. The highest BCUT2D eigenvalue weighted by atomic mass is 19.1. The summed E-state index contributed by atoms with van der Waals surface area (Å²) >= 11 is 0. The summed E-state index contributed by atoms with van der Waals surface area (Å²) in [5, 5.41) is 10.4. The quantitative estimate of drug-likeness (QED) is 0.176. The molecule has 4 aromatic carbocycles. The number of hydrogen-bond acceptors (Lipinski definition) is 1. The first-order chi connectivity index (χ1) is 17.7. The Morgan fingerprint density at radius 1 is 0.639 bits per heavy atom. The maximum Gasteiger partial charge on any atom is 0.134 e. The highest BCUT2D eigenvalue weighted by molar-refractivity contribution is 5.85. The molecule has 1 nitrogen and oxygen atoms in total. The molecule has 0 aliphatic rings. The van der Waals surface area contributed by atoms with Crippen LogP contribution in [0.4, 0.5) is 4.39 Å². The van der Waals surface area contributed by atoms with Crippen LogP contribution in [-0.2, 0) is 19.3 Å². The van der Waals surface area contributed by atoms with Gasteiger partial charge in [-0.15, -0.1) is 0 Å². The van der Waals surface area contributed by atoms with Gasteiger partial charge in [-0.3, -0.25) is 0 Å². The van der Waals surface area contributed by atoms with Gasteiger partial charge in [-0.1, -0.05) is 86.9 Å². The smallest absolute Gasteiger partial charge is 0.134 e. The fourth-order valence-electron chi connectivity index (χ4n) is 4.46. The summed E-state index contributed by atoms with van der Waals surface area (Å²) in [6, 6.07) is 27.7.